The van der Waals surface area contributed by atoms with Crippen LogP contribution in [-0.4, -0.2) is 9.97 Å². The minimum absolute atomic E-state index is 0.0301. The predicted octanol–water partition coefficient (Wildman–Crippen LogP) is 3.79. The molecular formula is C14H21IN2O. The van der Waals surface area contributed by atoms with E-state index < -0.39 is 0 Å². The normalized spacial score (nSPS) is 24.5. The Labute approximate surface area is 122 Å². The summed E-state index contributed by atoms with van der Waals surface area (Å²) in [7, 11) is 0. The molecule has 0 amide bonds. The van der Waals surface area contributed by atoms with Gasteiger partial charge in [0.2, 0.25) is 0 Å². The molecule has 0 aliphatic heterocycles. The first-order valence-electron chi connectivity index (χ1n) is 6.78. The van der Waals surface area contributed by atoms with Crippen LogP contribution in [0.1, 0.15) is 69.8 Å². The van der Waals surface area contributed by atoms with Crippen LogP contribution >= 0.6 is 22.6 Å². The second-order valence-corrected chi connectivity index (χ2v) is 6.85. The Morgan fingerprint density at radius 1 is 1.39 bits per heavy atom. The molecule has 0 saturated heterocycles. The molecule has 1 aliphatic carbocycles. The first-order chi connectivity index (χ1) is 8.49. The fourth-order valence-electron chi connectivity index (χ4n) is 2.75. The Bertz CT molecular complexity index is 481. The monoisotopic (exact) mass is 360 g/mol. The van der Waals surface area contributed by atoms with Crippen LogP contribution in [0.4, 0.5) is 0 Å². The molecule has 100 valence electrons. The first-order valence-corrected chi connectivity index (χ1v) is 7.86. The molecule has 1 aromatic heterocycles. The summed E-state index contributed by atoms with van der Waals surface area (Å²) in [5, 5.41) is 0. The summed E-state index contributed by atoms with van der Waals surface area (Å²) < 4.78 is 0.746. The van der Waals surface area contributed by atoms with E-state index in [0.29, 0.717) is 11.8 Å². The van der Waals surface area contributed by atoms with E-state index in [-0.39, 0.29) is 5.56 Å². The van der Waals surface area contributed by atoms with Crippen LogP contribution in [0.25, 0.3) is 0 Å². The molecular weight excluding hydrogens is 339 g/mol. The van der Waals surface area contributed by atoms with Crippen molar-refractivity contribution in [2.75, 3.05) is 0 Å². The van der Waals surface area contributed by atoms with Crippen molar-refractivity contribution in [1.82, 2.24) is 9.97 Å². The van der Waals surface area contributed by atoms with Gasteiger partial charge >= 0.3 is 0 Å². The van der Waals surface area contributed by atoms with Gasteiger partial charge in [-0.05, 0) is 47.3 Å². The van der Waals surface area contributed by atoms with Crippen LogP contribution < -0.4 is 5.56 Å². The van der Waals surface area contributed by atoms with E-state index in [1.807, 2.05) is 0 Å². The van der Waals surface area contributed by atoms with Crippen LogP contribution in [0.2, 0.25) is 0 Å². The standard InChI is InChI=1S/C14H21IN2O/c1-8(2)12-11(15)14(18)17-13(16-12)10-6-4-5-9(3)7-10/h8-10H,4-7H2,1-3H3,(H,16,17,18). The van der Waals surface area contributed by atoms with E-state index in [2.05, 4.69) is 48.3 Å². The maximum Gasteiger partial charge on any atom is 0.264 e. The summed E-state index contributed by atoms with van der Waals surface area (Å²) >= 11 is 2.11. The molecule has 1 aromatic rings. The Kier molecular flexibility index (Phi) is 4.45. The molecule has 2 unspecified atom stereocenters. The van der Waals surface area contributed by atoms with Gasteiger partial charge in [-0.1, -0.05) is 33.6 Å². The Morgan fingerprint density at radius 2 is 2.11 bits per heavy atom. The van der Waals surface area contributed by atoms with E-state index in [1.54, 1.807) is 0 Å². The number of rotatable bonds is 2. The third-order valence-corrected chi connectivity index (χ3v) is 4.82. The predicted molar refractivity (Wildman–Crippen MR) is 82.0 cm³/mol. The molecule has 1 N–H and O–H groups in total. The molecule has 1 aliphatic rings. The molecule has 1 fully saturated rings. The zero-order chi connectivity index (χ0) is 13.3. The number of aromatic amines is 1. The molecule has 1 saturated carbocycles. The van der Waals surface area contributed by atoms with Crippen LogP contribution in [0.5, 0.6) is 0 Å². The van der Waals surface area contributed by atoms with Gasteiger partial charge in [-0.15, -0.1) is 0 Å². The van der Waals surface area contributed by atoms with Gasteiger partial charge in [0.15, 0.2) is 0 Å². The van der Waals surface area contributed by atoms with E-state index in [9.17, 15) is 4.79 Å². The summed E-state index contributed by atoms with van der Waals surface area (Å²) in [6, 6.07) is 0. The van der Waals surface area contributed by atoms with Crippen molar-refractivity contribution >= 4 is 22.6 Å². The smallest absolute Gasteiger partial charge is 0.264 e. The zero-order valence-corrected chi connectivity index (χ0v) is 13.5. The molecule has 0 bridgehead atoms. The summed E-state index contributed by atoms with van der Waals surface area (Å²) in [5.41, 5.74) is 0.982. The first kappa shape index (κ1) is 14.0. The third-order valence-electron chi connectivity index (χ3n) is 3.78. The summed E-state index contributed by atoms with van der Waals surface area (Å²) in [5.74, 6) is 2.40. The number of H-pyrrole nitrogens is 1. The molecule has 2 rings (SSSR count). The van der Waals surface area contributed by atoms with Crippen molar-refractivity contribution in [3.05, 3.63) is 25.4 Å². The lowest BCUT2D eigenvalue weighted by Gasteiger charge is -2.26. The van der Waals surface area contributed by atoms with E-state index in [4.69, 9.17) is 4.98 Å². The van der Waals surface area contributed by atoms with Gasteiger partial charge in [-0.3, -0.25) is 4.79 Å². The summed E-state index contributed by atoms with van der Waals surface area (Å²) in [6.45, 7) is 6.48. The average molecular weight is 360 g/mol. The number of halogens is 1. The molecule has 0 spiro atoms. The van der Waals surface area contributed by atoms with Crippen LogP contribution in [0.15, 0.2) is 4.79 Å². The van der Waals surface area contributed by atoms with Crippen LogP contribution in [-0.2, 0) is 0 Å². The minimum atomic E-state index is 0.0301. The van der Waals surface area contributed by atoms with Gasteiger partial charge in [-0.25, -0.2) is 4.98 Å². The van der Waals surface area contributed by atoms with Crippen molar-refractivity contribution in [2.45, 2.75) is 58.3 Å². The highest BCUT2D eigenvalue weighted by Crippen LogP contribution is 2.34. The highest BCUT2D eigenvalue weighted by Gasteiger charge is 2.24. The number of aromatic nitrogens is 2. The number of nitrogens with zero attached hydrogens (tertiary/aromatic N) is 1. The zero-order valence-electron chi connectivity index (χ0n) is 11.3. The maximum atomic E-state index is 12.0. The highest BCUT2D eigenvalue weighted by atomic mass is 127. The quantitative estimate of drug-likeness (QED) is 0.816. The lowest BCUT2D eigenvalue weighted by molar-refractivity contribution is 0.334. The second kappa shape index (κ2) is 5.72. The van der Waals surface area contributed by atoms with E-state index in [1.165, 1.54) is 12.8 Å². The summed E-state index contributed by atoms with van der Waals surface area (Å²) in [6.07, 6.45) is 4.87. The van der Waals surface area contributed by atoms with Crippen molar-refractivity contribution < 1.29 is 0 Å². The average Bonchev–Trinajstić information content (AvgIpc) is 2.32. The fraction of sp³-hybridized carbons (Fsp3) is 0.714. The van der Waals surface area contributed by atoms with E-state index >= 15 is 0 Å². The van der Waals surface area contributed by atoms with Gasteiger partial charge in [-0.2, -0.15) is 0 Å². The molecule has 1 heterocycles. The molecule has 18 heavy (non-hydrogen) atoms. The number of nitrogens with one attached hydrogen (secondary N) is 1. The van der Waals surface area contributed by atoms with Gasteiger partial charge in [0.1, 0.15) is 5.82 Å². The maximum absolute atomic E-state index is 12.0. The lowest BCUT2D eigenvalue weighted by atomic mass is 9.82. The fourth-order valence-corrected chi connectivity index (χ4v) is 3.63. The summed E-state index contributed by atoms with van der Waals surface area (Å²) in [4.78, 5) is 19.7. The topological polar surface area (TPSA) is 45.8 Å². The minimum Gasteiger partial charge on any atom is -0.309 e. The van der Waals surface area contributed by atoms with Crippen molar-refractivity contribution in [3.63, 3.8) is 0 Å². The van der Waals surface area contributed by atoms with Gasteiger partial charge in [0, 0.05) is 5.92 Å². The van der Waals surface area contributed by atoms with Gasteiger partial charge in [0.25, 0.3) is 5.56 Å². The molecule has 3 nitrogen and oxygen atoms in total. The molecule has 0 radical (unpaired) electrons. The van der Waals surface area contributed by atoms with Crippen molar-refractivity contribution in [3.8, 4) is 0 Å². The Balaban J connectivity index is 2.36. The number of hydrogen-bond donors (Lipinski definition) is 1. The van der Waals surface area contributed by atoms with Gasteiger partial charge < -0.3 is 4.98 Å². The SMILES string of the molecule is CC1CCCC(c2nc(C(C)C)c(I)c(=O)[nH]2)C1. The second-order valence-electron chi connectivity index (χ2n) is 5.77. The Hall–Kier alpha value is -0.390. The van der Waals surface area contributed by atoms with Crippen LogP contribution in [0.3, 0.4) is 0 Å². The van der Waals surface area contributed by atoms with E-state index in [0.717, 1.165) is 33.8 Å². The van der Waals surface area contributed by atoms with Crippen molar-refractivity contribution in [1.29, 1.82) is 0 Å². The molecule has 4 heteroatoms. The third kappa shape index (κ3) is 2.95. The van der Waals surface area contributed by atoms with Crippen LogP contribution in [0, 0.1) is 9.49 Å². The van der Waals surface area contributed by atoms with Gasteiger partial charge in [0.05, 0.1) is 9.26 Å². The largest absolute Gasteiger partial charge is 0.309 e. The Morgan fingerprint density at radius 3 is 2.72 bits per heavy atom. The number of hydrogen-bond acceptors (Lipinski definition) is 2. The molecule has 0 aromatic carbocycles. The highest BCUT2D eigenvalue weighted by molar-refractivity contribution is 14.1. The van der Waals surface area contributed by atoms with Crippen molar-refractivity contribution in [2.24, 2.45) is 5.92 Å². The molecule has 2 atom stereocenters. The lowest BCUT2D eigenvalue weighted by Crippen LogP contribution is -2.23.